The fraction of sp³-hybridized carbons (Fsp3) is 0.273. The van der Waals surface area contributed by atoms with Crippen LogP contribution in [0.2, 0.25) is 0 Å². The van der Waals surface area contributed by atoms with Gasteiger partial charge in [-0.1, -0.05) is 60.7 Å². The summed E-state index contributed by atoms with van der Waals surface area (Å²) in [5.41, 5.74) is 3.29. The average Bonchev–Trinajstić information content (AvgIpc) is 3.15. The predicted octanol–water partition coefficient (Wildman–Crippen LogP) is 2.36. The van der Waals surface area contributed by atoms with Crippen molar-refractivity contribution in [3.05, 3.63) is 89.5 Å². The van der Waals surface area contributed by atoms with E-state index in [2.05, 4.69) is 4.98 Å². The van der Waals surface area contributed by atoms with Crippen molar-refractivity contribution in [2.75, 3.05) is 7.11 Å². The molecular formula is C22H23N3O4S. The Bertz CT molecular complexity index is 1130. The molecule has 0 saturated carbocycles. The molecule has 1 atom stereocenters. The molecule has 3 aromatic rings. The first-order valence-electron chi connectivity index (χ1n) is 9.66. The molecule has 30 heavy (non-hydrogen) atoms. The summed E-state index contributed by atoms with van der Waals surface area (Å²) in [6, 6.07) is 17.9. The second kappa shape index (κ2) is 8.41. The van der Waals surface area contributed by atoms with E-state index in [0.29, 0.717) is 12.1 Å². The number of rotatable bonds is 6. The van der Waals surface area contributed by atoms with Crippen LogP contribution in [0.25, 0.3) is 0 Å². The third-order valence-electron chi connectivity index (χ3n) is 5.29. The first kappa shape index (κ1) is 20.3. The molecule has 7 nitrogen and oxygen atoms in total. The first-order chi connectivity index (χ1) is 14.5. The smallest absolute Gasteiger partial charge is 0.324 e. The number of imidazole rings is 1. The number of nitrogens with zero attached hydrogens (tertiary/aromatic N) is 3. The third-order valence-corrected chi connectivity index (χ3v) is 7.09. The van der Waals surface area contributed by atoms with Crippen LogP contribution in [0.3, 0.4) is 0 Å². The van der Waals surface area contributed by atoms with Gasteiger partial charge in [-0.15, -0.1) is 0 Å². The Balaban J connectivity index is 1.66. The number of aromatic nitrogens is 2. The Hall–Kier alpha value is -2.97. The van der Waals surface area contributed by atoms with Crippen LogP contribution < -0.4 is 0 Å². The Morgan fingerprint density at radius 1 is 1.07 bits per heavy atom. The Morgan fingerprint density at radius 2 is 1.70 bits per heavy atom. The van der Waals surface area contributed by atoms with E-state index in [0.717, 1.165) is 17.0 Å². The molecule has 0 N–H and O–H groups in total. The fourth-order valence-corrected chi connectivity index (χ4v) is 5.40. The first-order valence-corrected chi connectivity index (χ1v) is 11.3. The van der Waals surface area contributed by atoms with Gasteiger partial charge in [0, 0.05) is 13.0 Å². The fourth-order valence-electron chi connectivity index (χ4n) is 3.76. The van der Waals surface area contributed by atoms with Crippen molar-refractivity contribution in [3.63, 3.8) is 0 Å². The zero-order valence-corrected chi connectivity index (χ0v) is 17.5. The summed E-state index contributed by atoms with van der Waals surface area (Å²) in [6.07, 6.45) is 1.90. The Labute approximate surface area is 176 Å². The molecule has 1 aliphatic rings. The van der Waals surface area contributed by atoms with Crippen LogP contribution in [0.5, 0.6) is 0 Å². The van der Waals surface area contributed by atoms with E-state index in [1.54, 1.807) is 30.6 Å². The lowest BCUT2D eigenvalue weighted by molar-refractivity contribution is -0.145. The van der Waals surface area contributed by atoms with E-state index >= 15 is 0 Å². The van der Waals surface area contributed by atoms with E-state index in [1.165, 1.54) is 11.4 Å². The highest BCUT2D eigenvalue weighted by atomic mass is 32.2. The van der Waals surface area contributed by atoms with Gasteiger partial charge in [-0.2, -0.15) is 4.31 Å². The minimum absolute atomic E-state index is 0.0805. The van der Waals surface area contributed by atoms with Gasteiger partial charge in [0.1, 0.15) is 6.04 Å². The van der Waals surface area contributed by atoms with Crippen LogP contribution in [0, 0.1) is 0 Å². The third kappa shape index (κ3) is 4.15. The van der Waals surface area contributed by atoms with E-state index in [1.807, 2.05) is 41.0 Å². The molecule has 0 amide bonds. The normalized spacial score (nSPS) is 16.8. The SMILES string of the molecule is COC(=O)[C@H]1Cc2ncn(Cc3ccccc3)c2CN1S(=O)(=O)Cc1ccccc1. The van der Waals surface area contributed by atoms with Gasteiger partial charge < -0.3 is 9.30 Å². The molecule has 1 aromatic heterocycles. The molecule has 2 aromatic carbocycles. The number of hydrogen-bond donors (Lipinski definition) is 0. The van der Waals surface area contributed by atoms with Gasteiger partial charge in [0.05, 0.1) is 37.1 Å². The predicted molar refractivity (Wildman–Crippen MR) is 112 cm³/mol. The number of carbonyl (C=O) groups excluding carboxylic acids is 1. The van der Waals surface area contributed by atoms with Crippen LogP contribution in [-0.4, -0.2) is 41.4 Å². The molecule has 156 valence electrons. The average molecular weight is 426 g/mol. The zero-order valence-electron chi connectivity index (χ0n) is 16.6. The minimum Gasteiger partial charge on any atom is -0.468 e. The highest BCUT2D eigenvalue weighted by Crippen LogP contribution is 2.28. The van der Waals surface area contributed by atoms with Gasteiger partial charge in [0.25, 0.3) is 0 Å². The van der Waals surface area contributed by atoms with E-state index in [4.69, 9.17) is 4.74 Å². The van der Waals surface area contributed by atoms with E-state index in [-0.39, 0.29) is 18.7 Å². The summed E-state index contributed by atoms with van der Waals surface area (Å²) >= 11 is 0. The van der Waals surface area contributed by atoms with Crippen molar-refractivity contribution in [1.82, 2.24) is 13.9 Å². The molecule has 0 unspecified atom stereocenters. The molecule has 0 bridgehead atoms. The number of esters is 1. The molecule has 0 spiro atoms. The number of sulfonamides is 1. The Morgan fingerprint density at radius 3 is 2.33 bits per heavy atom. The van der Waals surface area contributed by atoms with Crippen molar-refractivity contribution >= 4 is 16.0 Å². The summed E-state index contributed by atoms with van der Waals surface area (Å²) in [6.45, 7) is 0.662. The van der Waals surface area contributed by atoms with Crippen LogP contribution >= 0.6 is 0 Å². The van der Waals surface area contributed by atoms with Crippen molar-refractivity contribution in [2.45, 2.75) is 31.3 Å². The summed E-state index contributed by atoms with van der Waals surface area (Å²) in [5, 5.41) is 0. The van der Waals surface area contributed by atoms with Crippen molar-refractivity contribution in [1.29, 1.82) is 0 Å². The molecule has 1 aliphatic heterocycles. The van der Waals surface area contributed by atoms with Gasteiger partial charge in [-0.25, -0.2) is 13.4 Å². The maximum atomic E-state index is 13.3. The lowest BCUT2D eigenvalue weighted by Crippen LogP contribution is -2.49. The lowest BCUT2D eigenvalue weighted by Gasteiger charge is -2.33. The van der Waals surface area contributed by atoms with Crippen molar-refractivity contribution in [3.8, 4) is 0 Å². The summed E-state index contributed by atoms with van der Waals surface area (Å²) < 4.78 is 34.7. The van der Waals surface area contributed by atoms with Crippen molar-refractivity contribution in [2.24, 2.45) is 0 Å². The molecule has 0 fully saturated rings. The zero-order chi connectivity index (χ0) is 21.1. The molecule has 8 heteroatoms. The van der Waals surface area contributed by atoms with Crippen LogP contribution in [0.15, 0.2) is 67.0 Å². The highest BCUT2D eigenvalue weighted by molar-refractivity contribution is 7.88. The number of ether oxygens (including phenoxy) is 1. The largest absolute Gasteiger partial charge is 0.468 e. The van der Waals surface area contributed by atoms with Crippen molar-refractivity contribution < 1.29 is 17.9 Å². The quantitative estimate of drug-likeness (QED) is 0.567. The van der Waals surface area contributed by atoms with Crippen LogP contribution in [-0.2, 0) is 44.8 Å². The Kier molecular flexibility index (Phi) is 5.69. The maximum absolute atomic E-state index is 13.3. The standard InChI is InChI=1S/C22H23N3O4S/c1-29-22(26)20-12-19-21(24(16-23-19)13-17-8-4-2-5-9-17)14-25(20)30(27,28)15-18-10-6-3-7-11-18/h2-11,16,20H,12-15H2,1H3/t20-/m1/s1. The summed E-state index contributed by atoms with van der Waals surface area (Å²) in [4.78, 5) is 16.9. The molecule has 0 radical (unpaired) electrons. The second-order valence-corrected chi connectivity index (χ2v) is 9.20. The van der Waals surface area contributed by atoms with Gasteiger partial charge >= 0.3 is 5.97 Å². The monoisotopic (exact) mass is 425 g/mol. The molecular weight excluding hydrogens is 402 g/mol. The van der Waals surface area contributed by atoms with Crippen LogP contribution in [0.1, 0.15) is 22.5 Å². The lowest BCUT2D eigenvalue weighted by atomic mass is 10.1. The molecule has 0 aliphatic carbocycles. The number of benzene rings is 2. The number of fused-ring (bicyclic) bond motifs is 1. The summed E-state index contributed by atoms with van der Waals surface area (Å²) in [5.74, 6) is -0.751. The van der Waals surface area contributed by atoms with Crippen LogP contribution in [0.4, 0.5) is 0 Å². The van der Waals surface area contributed by atoms with Gasteiger partial charge in [-0.3, -0.25) is 4.79 Å². The number of carbonyl (C=O) groups is 1. The van der Waals surface area contributed by atoms with E-state index < -0.39 is 22.0 Å². The number of hydrogen-bond acceptors (Lipinski definition) is 5. The topological polar surface area (TPSA) is 81.5 Å². The van der Waals surface area contributed by atoms with Gasteiger partial charge in [0.2, 0.25) is 10.0 Å². The number of methoxy groups -OCH3 is 1. The molecule has 0 saturated heterocycles. The maximum Gasteiger partial charge on any atom is 0.324 e. The summed E-state index contributed by atoms with van der Waals surface area (Å²) in [7, 11) is -2.49. The van der Waals surface area contributed by atoms with E-state index in [9.17, 15) is 13.2 Å². The minimum atomic E-state index is -3.76. The molecule has 4 rings (SSSR count). The van der Waals surface area contributed by atoms with Gasteiger partial charge in [-0.05, 0) is 11.1 Å². The second-order valence-electron chi connectivity index (χ2n) is 7.28. The molecule has 2 heterocycles. The highest BCUT2D eigenvalue weighted by Gasteiger charge is 2.41. The van der Waals surface area contributed by atoms with Gasteiger partial charge in [0.15, 0.2) is 0 Å².